The monoisotopic (exact) mass is 637 g/mol. The van der Waals surface area contributed by atoms with Crippen LogP contribution in [0.3, 0.4) is 0 Å². The summed E-state index contributed by atoms with van der Waals surface area (Å²) in [5.74, 6) is -2.07. The van der Waals surface area contributed by atoms with E-state index in [1.54, 1.807) is 24.3 Å². The van der Waals surface area contributed by atoms with E-state index < -0.39 is 36.0 Å². The lowest BCUT2D eigenvalue weighted by Gasteiger charge is -2.29. The second-order valence-corrected chi connectivity index (χ2v) is 13.4. The van der Waals surface area contributed by atoms with Crippen LogP contribution < -0.4 is 10.6 Å². The molecule has 10 heteroatoms. The van der Waals surface area contributed by atoms with Gasteiger partial charge in [0, 0.05) is 37.0 Å². The maximum atomic E-state index is 13.1. The van der Waals surface area contributed by atoms with Gasteiger partial charge in [0.2, 0.25) is 5.79 Å². The molecule has 9 nitrogen and oxygen atoms in total. The fourth-order valence-corrected chi connectivity index (χ4v) is 6.59. The van der Waals surface area contributed by atoms with Crippen molar-refractivity contribution in [3.8, 4) is 0 Å². The molecule has 0 saturated carbocycles. The Balaban J connectivity index is 1.29. The number of halogens is 1. The van der Waals surface area contributed by atoms with E-state index in [1.807, 2.05) is 13.8 Å². The molecule has 3 heterocycles. The molecule has 0 aromatic heterocycles. The molecule has 1 amide bonds. The summed E-state index contributed by atoms with van der Waals surface area (Å²) >= 11 is 6.01. The lowest BCUT2D eigenvalue weighted by molar-refractivity contribution is -0.277. The van der Waals surface area contributed by atoms with Crippen LogP contribution in [0.15, 0.2) is 24.3 Å². The summed E-state index contributed by atoms with van der Waals surface area (Å²) in [4.78, 5) is 15.5. The Morgan fingerprint density at radius 1 is 0.977 bits per heavy atom. The molecular weight excluding hydrogens is 582 g/mol. The molecule has 0 bridgehead atoms. The van der Waals surface area contributed by atoms with Gasteiger partial charge in [-0.2, -0.15) is 0 Å². The number of benzene rings is 1. The molecule has 0 aliphatic carbocycles. The van der Waals surface area contributed by atoms with Crippen molar-refractivity contribution in [3.63, 3.8) is 0 Å². The van der Waals surface area contributed by atoms with Crippen molar-refractivity contribution >= 4 is 23.4 Å². The van der Waals surface area contributed by atoms with Crippen LogP contribution in [-0.4, -0.2) is 86.8 Å². The van der Waals surface area contributed by atoms with Crippen LogP contribution in [0.4, 0.5) is 10.5 Å². The maximum Gasteiger partial charge on any atom is 0.412 e. The van der Waals surface area contributed by atoms with E-state index in [4.69, 9.17) is 35.3 Å². The van der Waals surface area contributed by atoms with Crippen molar-refractivity contribution in [1.82, 2.24) is 10.2 Å². The van der Waals surface area contributed by atoms with Crippen LogP contribution in [0.5, 0.6) is 0 Å². The molecule has 1 aromatic carbocycles. The van der Waals surface area contributed by atoms with E-state index in [0.717, 1.165) is 39.0 Å². The summed E-state index contributed by atoms with van der Waals surface area (Å²) in [5, 5.41) is 6.90. The van der Waals surface area contributed by atoms with E-state index >= 15 is 0 Å². The Kier molecular flexibility index (Phi) is 14.5. The molecule has 44 heavy (non-hydrogen) atoms. The molecule has 3 fully saturated rings. The zero-order valence-corrected chi connectivity index (χ0v) is 28.0. The van der Waals surface area contributed by atoms with Gasteiger partial charge in [-0.25, -0.2) is 4.79 Å². The number of hydrogen-bond acceptors (Lipinski definition) is 8. The number of nitrogens with zero attached hydrogens (tertiary/aromatic N) is 1. The number of hydrogen-bond donors (Lipinski definition) is 2. The minimum atomic E-state index is -1.16. The van der Waals surface area contributed by atoms with Crippen LogP contribution in [0.1, 0.15) is 97.8 Å². The van der Waals surface area contributed by atoms with Gasteiger partial charge in [-0.05, 0) is 70.5 Å². The van der Waals surface area contributed by atoms with Crippen LogP contribution in [0, 0.1) is 0 Å². The molecule has 3 aliphatic rings. The molecule has 4 atom stereocenters. The number of amides is 1. The average molecular weight is 638 g/mol. The Morgan fingerprint density at radius 3 is 2.32 bits per heavy atom. The molecule has 3 saturated heterocycles. The SMILES string of the molecule is CCCCCCCCCCCCOC[C@@]12O[C@@H](CNCCN3CCCC3)[C@@H](OC(=O)Nc3ccc(Cl)cc3)[C@@H]1OC(C)(C)O2. The number of nitrogens with one attached hydrogen (secondary N) is 2. The average Bonchev–Trinajstić information content (AvgIpc) is 3.66. The number of anilines is 1. The van der Waals surface area contributed by atoms with Gasteiger partial charge in [0.15, 0.2) is 18.0 Å². The lowest BCUT2D eigenvalue weighted by Crippen LogP contribution is -2.46. The highest BCUT2D eigenvalue weighted by molar-refractivity contribution is 6.30. The smallest absolute Gasteiger partial charge is 0.412 e. The summed E-state index contributed by atoms with van der Waals surface area (Å²) in [6, 6.07) is 6.90. The molecule has 0 spiro atoms. The van der Waals surface area contributed by atoms with Crippen molar-refractivity contribution in [1.29, 1.82) is 0 Å². The van der Waals surface area contributed by atoms with Gasteiger partial charge < -0.3 is 33.9 Å². The quantitative estimate of drug-likeness (QED) is 0.146. The number of carbonyl (C=O) groups is 1. The standard InChI is InChI=1S/C34H56ClN3O6/c1-4-5-6-7-8-9-10-11-12-15-24-40-26-34-31(43-33(2,3)44-34)30(41-32(39)37-28-18-16-27(35)17-19-28)29(42-34)25-36-20-23-38-21-13-14-22-38/h16-19,29-31,36H,4-15,20-26H2,1-3H3,(H,37,39)/t29-,30+,31-,34-/m0/s1. The topological polar surface area (TPSA) is 90.5 Å². The minimum Gasteiger partial charge on any atom is -0.440 e. The summed E-state index contributed by atoms with van der Waals surface area (Å²) < 4.78 is 31.5. The Hall–Kier alpha value is -1.46. The zero-order chi connectivity index (χ0) is 31.3. The van der Waals surface area contributed by atoms with Gasteiger partial charge in [-0.1, -0.05) is 76.3 Å². The van der Waals surface area contributed by atoms with Gasteiger partial charge in [-0.3, -0.25) is 5.32 Å². The van der Waals surface area contributed by atoms with Crippen LogP contribution in [0.2, 0.25) is 5.02 Å². The van der Waals surface area contributed by atoms with Gasteiger partial charge in [0.1, 0.15) is 12.7 Å². The highest BCUT2D eigenvalue weighted by Gasteiger charge is 2.66. The summed E-state index contributed by atoms with van der Waals surface area (Å²) in [5.41, 5.74) is 0.591. The van der Waals surface area contributed by atoms with Crippen LogP contribution >= 0.6 is 11.6 Å². The van der Waals surface area contributed by atoms with E-state index in [0.29, 0.717) is 23.9 Å². The Morgan fingerprint density at radius 2 is 1.64 bits per heavy atom. The number of unbranched alkanes of at least 4 members (excludes halogenated alkanes) is 9. The fraction of sp³-hybridized carbons (Fsp3) is 0.794. The molecule has 3 aliphatic heterocycles. The Bertz CT molecular complexity index is 976. The minimum absolute atomic E-state index is 0.210. The molecule has 250 valence electrons. The number of carbonyl (C=O) groups excluding carboxylic acids is 1. The lowest BCUT2D eigenvalue weighted by atomic mass is 10.1. The van der Waals surface area contributed by atoms with Gasteiger partial charge in [-0.15, -0.1) is 0 Å². The maximum absolute atomic E-state index is 13.1. The first kappa shape index (κ1) is 35.4. The predicted octanol–water partition coefficient (Wildman–Crippen LogP) is 7.13. The third-order valence-corrected chi connectivity index (χ3v) is 8.96. The van der Waals surface area contributed by atoms with E-state index in [9.17, 15) is 4.79 Å². The van der Waals surface area contributed by atoms with Gasteiger partial charge >= 0.3 is 6.09 Å². The predicted molar refractivity (Wildman–Crippen MR) is 174 cm³/mol. The van der Waals surface area contributed by atoms with Crippen molar-refractivity contribution in [3.05, 3.63) is 29.3 Å². The highest BCUT2D eigenvalue weighted by atomic mass is 35.5. The molecule has 2 N–H and O–H groups in total. The van der Waals surface area contributed by atoms with Crippen molar-refractivity contribution in [2.45, 2.75) is 128 Å². The first-order valence-electron chi connectivity index (χ1n) is 17.1. The largest absolute Gasteiger partial charge is 0.440 e. The second-order valence-electron chi connectivity index (χ2n) is 13.0. The van der Waals surface area contributed by atoms with Crippen LogP contribution in [-0.2, 0) is 23.7 Å². The second kappa shape index (κ2) is 18.0. The molecular formula is C34H56ClN3O6. The van der Waals surface area contributed by atoms with Crippen molar-refractivity contribution in [2.75, 3.05) is 51.3 Å². The first-order valence-corrected chi connectivity index (χ1v) is 17.5. The van der Waals surface area contributed by atoms with Crippen molar-refractivity contribution in [2.24, 2.45) is 0 Å². The zero-order valence-electron chi connectivity index (χ0n) is 27.3. The molecule has 1 aromatic rings. The summed E-state index contributed by atoms with van der Waals surface area (Å²) in [7, 11) is 0. The highest BCUT2D eigenvalue weighted by Crippen LogP contribution is 2.46. The Labute approximate surface area is 270 Å². The van der Waals surface area contributed by atoms with Gasteiger partial charge in [0.25, 0.3) is 0 Å². The number of rotatable bonds is 20. The number of fused-ring (bicyclic) bond motifs is 1. The van der Waals surface area contributed by atoms with E-state index in [2.05, 4.69) is 22.5 Å². The van der Waals surface area contributed by atoms with E-state index in [-0.39, 0.29) is 6.61 Å². The molecule has 4 rings (SSSR count). The first-order chi connectivity index (χ1) is 21.3. The van der Waals surface area contributed by atoms with Crippen LogP contribution in [0.25, 0.3) is 0 Å². The van der Waals surface area contributed by atoms with Crippen molar-refractivity contribution < 1.29 is 28.5 Å². The van der Waals surface area contributed by atoms with Gasteiger partial charge in [0.05, 0.1) is 0 Å². The third-order valence-electron chi connectivity index (χ3n) is 8.71. The number of likely N-dealkylation sites (tertiary alicyclic amines) is 1. The third kappa shape index (κ3) is 11.1. The molecule has 0 radical (unpaired) electrons. The van der Waals surface area contributed by atoms with E-state index in [1.165, 1.54) is 64.2 Å². The molecule has 0 unspecified atom stereocenters. The number of ether oxygens (including phenoxy) is 5. The normalized spacial score (nSPS) is 26.2. The summed E-state index contributed by atoms with van der Waals surface area (Å²) in [6.45, 7) is 11.4. The summed E-state index contributed by atoms with van der Waals surface area (Å²) in [6.07, 6.45) is 12.9. The fourth-order valence-electron chi connectivity index (χ4n) is 6.46.